The fourth-order valence-electron chi connectivity index (χ4n) is 6.25. The molecule has 4 atom stereocenters. The van der Waals surface area contributed by atoms with E-state index >= 15 is 0 Å². The van der Waals surface area contributed by atoms with Crippen LogP contribution in [0.2, 0.25) is 0 Å². The van der Waals surface area contributed by atoms with E-state index in [-0.39, 0.29) is 25.6 Å². The molecule has 1 spiro atoms. The zero-order valence-corrected chi connectivity index (χ0v) is 21.7. The van der Waals surface area contributed by atoms with Gasteiger partial charge in [0.1, 0.15) is 5.76 Å². The van der Waals surface area contributed by atoms with Crippen molar-refractivity contribution in [3.8, 4) is 11.5 Å². The number of esters is 2. The minimum atomic E-state index is -2.58. The molecule has 10 nitrogen and oxygen atoms in total. The Hall–Kier alpha value is -2.82. The molecule has 4 aliphatic rings. The van der Waals surface area contributed by atoms with Gasteiger partial charge in [0.2, 0.25) is 6.79 Å². The molecule has 0 unspecified atom stereocenters. The number of aliphatic hydroxyl groups is 2. The molecule has 1 fully saturated rings. The van der Waals surface area contributed by atoms with Gasteiger partial charge in [0, 0.05) is 13.0 Å². The number of methoxy groups -OCH3 is 2. The maximum absolute atomic E-state index is 13.6. The molecular weight excluding hydrogens is 482 g/mol. The van der Waals surface area contributed by atoms with Crippen molar-refractivity contribution < 1.29 is 43.5 Å². The fourth-order valence-corrected chi connectivity index (χ4v) is 6.25. The number of hydrogen-bond donors (Lipinski definition) is 2. The van der Waals surface area contributed by atoms with E-state index in [4.69, 9.17) is 23.7 Å². The van der Waals surface area contributed by atoms with Crippen LogP contribution in [0.1, 0.15) is 56.6 Å². The van der Waals surface area contributed by atoms with Gasteiger partial charge in [-0.25, -0.2) is 9.59 Å². The third-order valence-corrected chi connectivity index (χ3v) is 8.16. The van der Waals surface area contributed by atoms with Crippen LogP contribution in [-0.4, -0.2) is 84.0 Å². The van der Waals surface area contributed by atoms with Crippen molar-refractivity contribution in [1.29, 1.82) is 0 Å². The SMILES string of the molecule is COC(=O)[C@](O)(CCC(C)(C)O)C(=O)O[C@@H]1C(OC)=C[C@]23CCCN2CCc2cc4c(cc2[C@H]13)OCO4. The maximum atomic E-state index is 13.6. The lowest BCUT2D eigenvalue weighted by Gasteiger charge is -2.39. The fraction of sp³-hybridized carbons (Fsp3) is 0.630. The third kappa shape index (κ3) is 4.24. The number of ether oxygens (including phenoxy) is 5. The van der Waals surface area contributed by atoms with Gasteiger partial charge in [-0.05, 0) is 75.4 Å². The molecule has 5 rings (SSSR count). The number of nitrogens with zero attached hydrogens (tertiary/aromatic N) is 1. The summed E-state index contributed by atoms with van der Waals surface area (Å²) in [5.74, 6) is -0.836. The quantitative estimate of drug-likeness (QED) is 0.409. The second-order valence-electron chi connectivity index (χ2n) is 11.0. The number of fused-ring (bicyclic) bond motifs is 3. The molecule has 1 saturated heterocycles. The number of hydrogen-bond acceptors (Lipinski definition) is 10. The minimum absolute atomic E-state index is 0.0290. The Labute approximate surface area is 216 Å². The molecule has 3 heterocycles. The van der Waals surface area contributed by atoms with Gasteiger partial charge in [-0.15, -0.1) is 0 Å². The van der Waals surface area contributed by atoms with Crippen LogP contribution in [0.5, 0.6) is 11.5 Å². The standard InChI is InChI=1S/C27H35NO9/c1-25(2,31)8-9-27(32,23(29)34-4)24(30)37-22-20(33-3)14-26-7-5-10-28(26)11-6-16-12-18-19(36-15-35-18)13-17(16)21(22)26/h12-14,21-22,31-32H,5-11,15H2,1-4H3/t21-,22-,26+,27-/m1/s1. The third-order valence-electron chi connectivity index (χ3n) is 8.16. The first-order chi connectivity index (χ1) is 17.5. The van der Waals surface area contributed by atoms with Crippen molar-refractivity contribution in [3.63, 3.8) is 0 Å². The summed E-state index contributed by atoms with van der Waals surface area (Å²) < 4.78 is 27.8. The van der Waals surface area contributed by atoms with Gasteiger partial charge in [0.05, 0.1) is 31.3 Å². The lowest BCUT2D eigenvalue weighted by atomic mass is 9.77. The predicted molar refractivity (Wildman–Crippen MR) is 130 cm³/mol. The van der Waals surface area contributed by atoms with E-state index in [1.807, 2.05) is 18.2 Å². The van der Waals surface area contributed by atoms with E-state index < -0.39 is 34.8 Å². The van der Waals surface area contributed by atoms with E-state index in [0.717, 1.165) is 50.6 Å². The smallest absolute Gasteiger partial charge is 0.350 e. The molecule has 1 aromatic rings. The Morgan fingerprint density at radius 1 is 1.11 bits per heavy atom. The number of rotatable bonds is 7. The van der Waals surface area contributed by atoms with Crippen LogP contribution in [0.15, 0.2) is 24.0 Å². The first kappa shape index (κ1) is 25.8. The van der Waals surface area contributed by atoms with E-state index in [1.165, 1.54) is 21.0 Å². The molecule has 202 valence electrons. The zero-order valence-electron chi connectivity index (χ0n) is 21.7. The Morgan fingerprint density at radius 3 is 2.51 bits per heavy atom. The Kier molecular flexibility index (Phi) is 6.40. The summed E-state index contributed by atoms with van der Waals surface area (Å²) >= 11 is 0. The molecule has 1 aliphatic carbocycles. The highest BCUT2D eigenvalue weighted by Gasteiger charge is 2.59. The Morgan fingerprint density at radius 2 is 1.84 bits per heavy atom. The molecule has 1 aromatic carbocycles. The lowest BCUT2D eigenvalue weighted by Crippen LogP contribution is -2.52. The predicted octanol–water partition coefficient (Wildman–Crippen LogP) is 1.80. The van der Waals surface area contributed by atoms with Gasteiger partial charge in [-0.3, -0.25) is 4.90 Å². The molecule has 3 aliphatic heterocycles. The molecule has 37 heavy (non-hydrogen) atoms. The van der Waals surface area contributed by atoms with Crippen LogP contribution >= 0.6 is 0 Å². The van der Waals surface area contributed by atoms with Crippen LogP contribution < -0.4 is 9.47 Å². The van der Waals surface area contributed by atoms with Crippen molar-refractivity contribution in [3.05, 3.63) is 35.1 Å². The van der Waals surface area contributed by atoms with Crippen molar-refractivity contribution in [2.45, 2.75) is 74.7 Å². The topological polar surface area (TPSA) is 124 Å². The summed E-state index contributed by atoms with van der Waals surface area (Å²) in [6.07, 6.45) is 3.36. The molecule has 0 aromatic heterocycles. The molecule has 0 radical (unpaired) electrons. The van der Waals surface area contributed by atoms with Crippen LogP contribution in [-0.2, 0) is 30.2 Å². The zero-order chi connectivity index (χ0) is 26.6. The van der Waals surface area contributed by atoms with Gasteiger partial charge in [-0.2, -0.15) is 0 Å². The van der Waals surface area contributed by atoms with Gasteiger partial charge >= 0.3 is 11.9 Å². The van der Waals surface area contributed by atoms with E-state index in [2.05, 4.69) is 4.90 Å². The van der Waals surface area contributed by atoms with Crippen molar-refractivity contribution >= 4 is 11.9 Å². The molecule has 2 N–H and O–H groups in total. The van der Waals surface area contributed by atoms with Crippen LogP contribution in [0, 0.1) is 0 Å². The average Bonchev–Trinajstić information content (AvgIpc) is 3.55. The van der Waals surface area contributed by atoms with Gasteiger partial charge in [0.15, 0.2) is 17.6 Å². The van der Waals surface area contributed by atoms with E-state index in [0.29, 0.717) is 17.3 Å². The van der Waals surface area contributed by atoms with Crippen LogP contribution in [0.4, 0.5) is 0 Å². The van der Waals surface area contributed by atoms with Gasteiger partial charge in [0.25, 0.3) is 5.60 Å². The second kappa shape index (κ2) is 9.18. The summed E-state index contributed by atoms with van der Waals surface area (Å²) in [7, 11) is 2.62. The van der Waals surface area contributed by atoms with Gasteiger partial charge in [-0.1, -0.05) is 0 Å². The first-order valence-corrected chi connectivity index (χ1v) is 12.7. The molecule has 0 amide bonds. The van der Waals surface area contributed by atoms with Crippen molar-refractivity contribution in [2.24, 2.45) is 0 Å². The summed E-state index contributed by atoms with van der Waals surface area (Å²) in [6, 6.07) is 3.95. The van der Waals surface area contributed by atoms with E-state index in [9.17, 15) is 19.8 Å². The summed E-state index contributed by atoms with van der Waals surface area (Å²) in [5, 5.41) is 21.4. The summed E-state index contributed by atoms with van der Waals surface area (Å²) in [5.41, 5.74) is -2.22. The monoisotopic (exact) mass is 517 g/mol. The molecule has 0 saturated carbocycles. The summed E-state index contributed by atoms with van der Waals surface area (Å²) in [6.45, 7) is 4.92. The highest BCUT2D eigenvalue weighted by Crippen LogP contribution is 2.55. The molecule has 10 heteroatoms. The largest absolute Gasteiger partial charge is 0.497 e. The van der Waals surface area contributed by atoms with Crippen molar-refractivity contribution in [1.82, 2.24) is 4.90 Å². The minimum Gasteiger partial charge on any atom is -0.497 e. The van der Waals surface area contributed by atoms with Crippen LogP contribution in [0.25, 0.3) is 0 Å². The highest BCUT2D eigenvalue weighted by molar-refractivity contribution is 6.03. The van der Waals surface area contributed by atoms with Crippen LogP contribution in [0.3, 0.4) is 0 Å². The summed E-state index contributed by atoms with van der Waals surface area (Å²) in [4.78, 5) is 28.6. The average molecular weight is 518 g/mol. The maximum Gasteiger partial charge on any atom is 0.350 e. The number of carbonyl (C=O) groups is 2. The first-order valence-electron chi connectivity index (χ1n) is 12.7. The Balaban J connectivity index is 1.55. The Bertz CT molecular complexity index is 1130. The lowest BCUT2D eigenvalue weighted by molar-refractivity contribution is -0.188. The number of benzene rings is 1. The molecular formula is C27H35NO9. The van der Waals surface area contributed by atoms with Crippen molar-refractivity contribution in [2.75, 3.05) is 34.1 Å². The highest BCUT2D eigenvalue weighted by atomic mass is 16.7. The molecule has 0 bridgehead atoms. The van der Waals surface area contributed by atoms with E-state index in [1.54, 1.807) is 0 Å². The number of carbonyl (C=O) groups excluding carboxylic acids is 2. The normalized spacial score (nSPS) is 27.8. The second-order valence-corrected chi connectivity index (χ2v) is 11.0. The van der Waals surface area contributed by atoms with Gasteiger partial charge < -0.3 is 33.9 Å².